The van der Waals surface area contributed by atoms with E-state index in [0.717, 1.165) is 0 Å². The van der Waals surface area contributed by atoms with Crippen molar-refractivity contribution in [2.45, 2.75) is 6.92 Å². The van der Waals surface area contributed by atoms with Gasteiger partial charge in [-0.25, -0.2) is 8.42 Å². The van der Waals surface area contributed by atoms with Crippen molar-refractivity contribution in [1.29, 1.82) is 0 Å². The molecule has 1 N–H and O–H groups in total. The molecule has 0 unspecified atom stereocenters. The highest BCUT2D eigenvalue weighted by atomic mass is 32.2. The van der Waals surface area contributed by atoms with Crippen LogP contribution in [0.1, 0.15) is 6.92 Å². The van der Waals surface area contributed by atoms with Crippen LogP contribution in [-0.2, 0) is 14.6 Å². The zero-order valence-corrected chi connectivity index (χ0v) is 8.43. The monoisotopic (exact) mass is 206 g/mol. The van der Waals surface area contributed by atoms with Crippen molar-refractivity contribution in [3.8, 4) is 0 Å². The molecule has 1 aliphatic heterocycles. The molecule has 0 aliphatic carbocycles. The normalized spacial score (nSPS) is 18.2. The van der Waals surface area contributed by atoms with Crippen LogP contribution in [0.25, 0.3) is 0 Å². The SMILES string of the molecule is CCS(=O)(=O)CCN1CNCC1=O. The Bertz CT molecular complexity index is 286. The van der Waals surface area contributed by atoms with E-state index in [9.17, 15) is 13.2 Å². The van der Waals surface area contributed by atoms with Crippen LogP contribution in [0.3, 0.4) is 0 Å². The minimum absolute atomic E-state index is 0.0219. The number of hydrogen-bond donors (Lipinski definition) is 1. The minimum Gasteiger partial charge on any atom is -0.328 e. The second-order valence-electron chi connectivity index (χ2n) is 2.98. The fourth-order valence-electron chi connectivity index (χ4n) is 1.10. The molecule has 1 amide bonds. The van der Waals surface area contributed by atoms with Gasteiger partial charge in [0.2, 0.25) is 5.91 Å². The zero-order valence-electron chi connectivity index (χ0n) is 7.62. The first-order valence-electron chi connectivity index (χ1n) is 4.24. The molecule has 5 nitrogen and oxygen atoms in total. The number of nitrogens with one attached hydrogen (secondary N) is 1. The first kappa shape index (κ1) is 10.5. The lowest BCUT2D eigenvalue weighted by atomic mass is 10.5. The van der Waals surface area contributed by atoms with E-state index in [-0.39, 0.29) is 17.4 Å². The number of carbonyl (C=O) groups excluding carboxylic acids is 1. The molecule has 0 atom stereocenters. The molecule has 0 bridgehead atoms. The van der Waals surface area contributed by atoms with Crippen LogP contribution < -0.4 is 5.32 Å². The van der Waals surface area contributed by atoms with Crippen LogP contribution in [0.4, 0.5) is 0 Å². The number of rotatable bonds is 4. The summed E-state index contributed by atoms with van der Waals surface area (Å²) in [5, 5.41) is 2.86. The van der Waals surface area contributed by atoms with E-state index in [1.165, 1.54) is 4.90 Å². The average molecular weight is 206 g/mol. The third kappa shape index (κ3) is 2.96. The van der Waals surface area contributed by atoms with Gasteiger partial charge in [0.05, 0.1) is 19.0 Å². The van der Waals surface area contributed by atoms with Crippen molar-refractivity contribution in [1.82, 2.24) is 10.2 Å². The molecule has 1 fully saturated rings. The van der Waals surface area contributed by atoms with Gasteiger partial charge < -0.3 is 4.90 Å². The zero-order chi connectivity index (χ0) is 9.90. The Morgan fingerprint density at radius 3 is 2.69 bits per heavy atom. The fourth-order valence-corrected chi connectivity index (χ4v) is 1.88. The molecule has 1 saturated heterocycles. The summed E-state index contributed by atoms with van der Waals surface area (Å²) in [5.41, 5.74) is 0. The van der Waals surface area contributed by atoms with Gasteiger partial charge in [-0.3, -0.25) is 10.1 Å². The van der Waals surface area contributed by atoms with Crippen molar-refractivity contribution < 1.29 is 13.2 Å². The molecule has 0 aromatic carbocycles. The third-order valence-corrected chi connectivity index (χ3v) is 3.73. The molecule has 1 aliphatic rings. The highest BCUT2D eigenvalue weighted by Crippen LogP contribution is 1.97. The molecule has 1 heterocycles. The van der Waals surface area contributed by atoms with E-state index in [4.69, 9.17) is 0 Å². The van der Waals surface area contributed by atoms with Gasteiger partial charge in [0.25, 0.3) is 0 Å². The van der Waals surface area contributed by atoms with E-state index in [2.05, 4.69) is 5.32 Å². The van der Waals surface area contributed by atoms with Gasteiger partial charge in [-0.1, -0.05) is 6.92 Å². The molecule has 76 valence electrons. The third-order valence-electron chi connectivity index (χ3n) is 2.04. The van der Waals surface area contributed by atoms with Crippen LogP contribution in [0.2, 0.25) is 0 Å². The molecule has 0 saturated carbocycles. The lowest BCUT2D eigenvalue weighted by molar-refractivity contribution is -0.126. The second-order valence-corrected chi connectivity index (χ2v) is 5.45. The summed E-state index contributed by atoms with van der Waals surface area (Å²) < 4.78 is 22.2. The van der Waals surface area contributed by atoms with Gasteiger partial charge in [0.15, 0.2) is 9.84 Å². The fraction of sp³-hybridized carbons (Fsp3) is 0.857. The number of hydrogen-bond acceptors (Lipinski definition) is 4. The van der Waals surface area contributed by atoms with Crippen LogP contribution in [0, 0.1) is 0 Å². The smallest absolute Gasteiger partial charge is 0.237 e. The number of nitrogens with zero attached hydrogens (tertiary/aromatic N) is 1. The number of amides is 1. The highest BCUT2D eigenvalue weighted by molar-refractivity contribution is 7.91. The molecule has 0 aromatic rings. The Balaban J connectivity index is 2.38. The summed E-state index contributed by atoms with van der Waals surface area (Å²) in [6.45, 7) is 2.71. The highest BCUT2D eigenvalue weighted by Gasteiger charge is 2.20. The lowest BCUT2D eigenvalue weighted by Gasteiger charge is -2.13. The summed E-state index contributed by atoms with van der Waals surface area (Å²) in [6.07, 6.45) is 0. The van der Waals surface area contributed by atoms with E-state index in [1.54, 1.807) is 6.92 Å². The predicted molar refractivity (Wildman–Crippen MR) is 48.9 cm³/mol. The topological polar surface area (TPSA) is 66.5 Å². The van der Waals surface area contributed by atoms with Gasteiger partial charge in [0.1, 0.15) is 0 Å². The van der Waals surface area contributed by atoms with Crippen molar-refractivity contribution in [2.75, 3.05) is 31.3 Å². The Kier molecular flexibility index (Phi) is 3.27. The van der Waals surface area contributed by atoms with Crippen molar-refractivity contribution in [2.24, 2.45) is 0 Å². The maximum atomic E-state index is 11.1. The Morgan fingerprint density at radius 1 is 1.54 bits per heavy atom. The number of carbonyl (C=O) groups is 1. The van der Waals surface area contributed by atoms with Crippen molar-refractivity contribution in [3.05, 3.63) is 0 Å². The van der Waals surface area contributed by atoms with Gasteiger partial charge >= 0.3 is 0 Å². The van der Waals surface area contributed by atoms with Crippen molar-refractivity contribution in [3.63, 3.8) is 0 Å². The summed E-state index contributed by atoms with van der Waals surface area (Å²) >= 11 is 0. The van der Waals surface area contributed by atoms with Crippen LogP contribution >= 0.6 is 0 Å². The molecule has 1 rings (SSSR count). The Morgan fingerprint density at radius 2 is 2.23 bits per heavy atom. The molecule has 6 heteroatoms. The Hall–Kier alpha value is -0.620. The Labute approximate surface area is 78.0 Å². The van der Waals surface area contributed by atoms with E-state index >= 15 is 0 Å². The van der Waals surface area contributed by atoms with E-state index in [1.807, 2.05) is 0 Å². The molecule has 0 spiro atoms. The number of sulfone groups is 1. The summed E-state index contributed by atoms with van der Waals surface area (Å²) in [6, 6.07) is 0. The second kappa shape index (κ2) is 4.06. The molecular formula is C7H14N2O3S. The predicted octanol–water partition coefficient (Wildman–Crippen LogP) is -1.19. The summed E-state index contributed by atoms with van der Waals surface area (Å²) in [5.74, 6) is 0.186. The van der Waals surface area contributed by atoms with Gasteiger partial charge in [-0.05, 0) is 0 Å². The average Bonchev–Trinajstić information content (AvgIpc) is 2.48. The molecular weight excluding hydrogens is 192 g/mol. The van der Waals surface area contributed by atoms with Crippen molar-refractivity contribution >= 4 is 15.7 Å². The van der Waals surface area contributed by atoms with Crippen LogP contribution in [-0.4, -0.2) is 50.5 Å². The van der Waals surface area contributed by atoms with Crippen LogP contribution in [0.5, 0.6) is 0 Å². The van der Waals surface area contributed by atoms with Gasteiger partial charge in [-0.15, -0.1) is 0 Å². The van der Waals surface area contributed by atoms with Gasteiger partial charge in [0, 0.05) is 12.3 Å². The maximum Gasteiger partial charge on any atom is 0.237 e. The standard InChI is InChI=1S/C7H14N2O3S/c1-2-13(11,12)4-3-9-6-8-5-7(9)10/h8H,2-6H2,1H3. The lowest BCUT2D eigenvalue weighted by Crippen LogP contribution is -2.32. The molecule has 13 heavy (non-hydrogen) atoms. The quantitative estimate of drug-likeness (QED) is 0.628. The summed E-state index contributed by atoms with van der Waals surface area (Å²) in [7, 11) is -2.95. The maximum absolute atomic E-state index is 11.1. The van der Waals surface area contributed by atoms with E-state index in [0.29, 0.717) is 19.8 Å². The van der Waals surface area contributed by atoms with E-state index < -0.39 is 9.84 Å². The van der Waals surface area contributed by atoms with Gasteiger partial charge in [-0.2, -0.15) is 0 Å². The molecule has 0 aromatic heterocycles. The molecule has 0 radical (unpaired) electrons. The summed E-state index contributed by atoms with van der Waals surface area (Å²) in [4.78, 5) is 12.6. The first-order chi connectivity index (χ1) is 6.05. The van der Waals surface area contributed by atoms with Crippen LogP contribution in [0.15, 0.2) is 0 Å². The first-order valence-corrected chi connectivity index (χ1v) is 6.06. The largest absolute Gasteiger partial charge is 0.328 e. The minimum atomic E-state index is -2.95.